The normalized spacial score (nSPS) is 15.8. The molecule has 1 aliphatic rings. The molecule has 14 heavy (non-hydrogen) atoms. The van der Waals surface area contributed by atoms with Crippen molar-refractivity contribution in [2.75, 3.05) is 18.9 Å². The Bertz CT molecular complexity index is 401. The molecule has 0 amide bonds. The summed E-state index contributed by atoms with van der Waals surface area (Å²) in [6, 6.07) is 0. The van der Waals surface area contributed by atoms with E-state index in [0.29, 0.717) is 25.2 Å². The molecule has 4 N–H and O–H groups in total. The van der Waals surface area contributed by atoms with E-state index in [9.17, 15) is 4.79 Å². The number of aliphatic hydroxyl groups is 1. The van der Waals surface area contributed by atoms with Gasteiger partial charge in [0.05, 0.1) is 17.9 Å². The molecular weight excluding hydrogens is 184 g/mol. The van der Waals surface area contributed by atoms with Gasteiger partial charge >= 0.3 is 0 Å². The monoisotopic (exact) mass is 196 g/mol. The zero-order valence-corrected chi connectivity index (χ0v) is 7.66. The number of aromatic amines is 1. The molecule has 1 aromatic rings. The minimum atomic E-state index is -0.173. The fraction of sp³-hybridized carbons (Fsp3) is 0.500. The van der Waals surface area contributed by atoms with Crippen LogP contribution in [0.2, 0.25) is 0 Å². The smallest absolute Gasteiger partial charge is 0.257 e. The Kier molecular flexibility index (Phi) is 2.22. The van der Waals surface area contributed by atoms with E-state index in [0.717, 1.165) is 5.69 Å². The van der Waals surface area contributed by atoms with E-state index < -0.39 is 0 Å². The van der Waals surface area contributed by atoms with Crippen LogP contribution in [0.15, 0.2) is 4.79 Å². The molecule has 76 valence electrons. The van der Waals surface area contributed by atoms with Crippen LogP contribution >= 0.6 is 0 Å². The molecule has 0 saturated carbocycles. The maximum atomic E-state index is 11.4. The van der Waals surface area contributed by atoms with Crippen LogP contribution in [0.5, 0.6) is 0 Å². The Morgan fingerprint density at radius 3 is 3.07 bits per heavy atom. The van der Waals surface area contributed by atoms with Gasteiger partial charge in [-0.15, -0.1) is 0 Å². The second kappa shape index (κ2) is 3.39. The maximum Gasteiger partial charge on any atom is 0.257 e. The van der Waals surface area contributed by atoms with Gasteiger partial charge in [-0.3, -0.25) is 14.7 Å². The second-order valence-electron chi connectivity index (χ2n) is 3.31. The summed E-state index contributed by atoms with van der Waals surface area (Å²) in [5.74, 6) is 0.152. The van der Waals surface area contributed by atoms with E-state index in [2.05, 4.69) is 9.97 Å². The molecule has 0 unspecified atom stereocenters. The molecule has 0 bridgehead atoms. The van der Waals surface area contributed by atoms with Gasteiger partial charge in [0.25, 0.3) is 5.56 Å². The van der Waals surface area contributed by atoms with E-state index in [4.69, 9.17) is 10.8 Å². The highest BCUT2D eigenvalue weighted by Gasteiger charge is 2.22. The predicted molar refractivity (Wildman–Crippen MR) is 50.5 cm³/mol. The zero-order chi connectivity index (χ0) is 10.1. The average Bonchev–Trinajstić information content (AvgIpc) is 2.48. The fourth-order valence-corrected chi connectivity index (χ4v) is 1.65. The topological polar surface area (TPSA) is 95.2 Å². The van der Waals surface area contributed by atoms with E-state index in [1.807, 2.05) is 4.90 Å². The Balaban J connectivity index is 2.31. The number of nitrogens with two attached hydrogens (primary N) is 1. The number of anilines is 1. The predicted octanol–water partition coefficient (Wildman–Crippen LogP) is -1.34. The van der Waals surface area contributed by atoms with Gasteiger partial charge in [0.2, 0.25) is 5.95 Å². The molecular formula is C8H12N4O2. The van der Waals surface area contributed by atoms with Crippen LogP contribution in [-0.4, -0.2) is 33.1 Å². The van der Waals surface area contributed by atoms with E-state index in [1.165, 1.54) is 0 Å². The first-order valence-corrected chi connectivity index (χ1v) is 4.41. The molecule has 0 aliphatic carbocycles. The lowest BCUT2D eigenvalue weighted by Crippen LogP contribution is -2.21. The standard InChI is InChI=1S/C8H12N4O2/c9-8-10-6-4-12(1-2-13)3-5(6)7(14)11-8/h13H,1-4H2,(H3,9,10,11,14). The maximum absolute atomic E-state index is 11.4. The number of nitrogens with zero attached hydrogens (tertiary/aromatic N) is 2. The first-order valence-electron chi connectivity index (χ1n) is 4.41. The number of aliphatic hydroxyl groups excluding tert-OH is 1. The number of rotatable bonds is 2. The highest BCUT2D eigenvalue weighted by atomic mass is 16.3. The Hall–Kier alpha value is -1.40. The Morgan fingerprint density at radius 1 is 1.57 bits per heavy atom. The van der Waals surface area contributed by atoms with Crippen molar-refractivity contribution in [3.05, 3.63) is 21.6 Å². The number of β-amino-alcohol motifs (C(OH)–C–C–N with tert-alkyl or cyclic N) is 1. The highest BCUT2D eigenvalue weighted by molar-refractivity contribution is 5.27. The number of nitrogen functional groups attached to an aromatic ring is 1. The first kappa shape index (κ1) is 9.17. The van der Waals surface area contributed by atoms with Gasteiger partial charge in [-0.25, -0.2) is 4.98 Å². The van der Waals surface area contributed by atoms with Gasteiger partial charge in [0, 0.05) is 19.6 Å². The van der Waals surface area contributed by atoms with Crippen LogP contribution in [0.25, 0.3) is 0 Å². The molecule has 0 radical (unpaired) electrons. The zero-order valence-electron chi connectivity index (χ0n) is 7.66. The average molecular weight is 196 g/mol. The van der Waals surface area contributed by atoms with Crippen molar-refractivity contribution in [1.29, 1.82) is 0 Å². The van der Waals surface area contributed by atoms with Crippen LogP contribution in [0.4, 0.5) is 5.95 Å². The van der Waals surface area contributed by atoms with Gasteiger partial charge in [-0.1, -0.05) is 0 Å². The molecule has 6 nitrogen and oxygen atoms in total. The molecule has 1 aliphatic heterocycles. The van der Waals surface area contributed by atoms with Crippen LogP contribution in [0.1, 0.15) is 11.3 Å². The number of hydrogen-bond donors (Lipinski definition) is 3. The minimum Gasteiger partial charge on any atom is -0.395 e. The SMILES string of the molecule is Nc1nc2c(c(=O)[nH]1)CN(CCO)C2. The summed E-state index contributed by atoms with van der Waals surface area (Å²) >= 11 is 0. The quantitative estimate of drug-likeness (QED) is 0.544. The van der Waals surface area contributed by atoms with Crippen molar-refractivity contribution >= 4 is 5.95 Å². The molecule has 2 rings (SSSR count). The molecule has 0 spiro atoms. The highest BCUT2D eigenvalue weighted by Crippen LogP contribution is 2.16. The van der Waals surface area contributed by atoms with Crippen molar-refractivity contribution in [1.82, 2.24) is 14.9 Å². The molecule has 1 aromatic heterocycles. The lowest BCUT2D eigenvalue weighted by Gasteiger charge is -2.10. The number of nitrogens with one attached hydrogen (secondary N) is 1. The van der Waals surface area contributed by atoms with Crippen molar-refractivity contribution in [2.24, 2.45) is 0 Å². The van der Waals surface area contributed by atoms with Gasteiger partial charge < -0.3 is 10.8 Å². The lowest BCUT2D eigenvalue weighted by atomic mass is 10.3. The number of hydrogen-bond acceptors (Lipinski definition) is 5. The minimum absolute atomic E-state index is 0.0847. The van der Waals surface area contributed by atoms with Crippen molar-refractivity contribution in [3.63, 3.8) is 0 Å². The van der Waals surface area contributed by atoms with E-state index in [1.54, 1.807) is 0 Å². The summed E-state index contributed by atoms with van der Waals surface area (Å²) < 4.78 is 0. The van der Waals surface area contributed by atoms with Crippen LogP contribution in [0.3, 0.4) is 0 Å². The Labute approximate surface area is 80.4 Å². The largest absolute Gasteiger partial charge is 0.395 e. The Morgan fingerprint density at radius 2 is 2.36 bits per heavy atom. The summed E-state index contributed by atoms with van der Waals surface area (Å²) in [6.45, 7) is 1.76. The summed E-state index contributed by atoms with van der Waals surface area (Å²) in [5, 5.41) is 8.76. The van der Waals surface area contributed by atoms with Crippen molar-refractivity contribution in [2.45, 2.75) is 13.1 Å². The van der Waals surface area contributed by atoms with Gasteiger partial charge in [0.1, 0.15) is 0 Å². The summed E-state index contributed by atoms with van der Waals surface area (Å²) in [6.07, 6.45) is 0. The number of H-pyrrole nitrogens is 1. The van der Waals surface area contributed by atoms with Crippen LogP contribution in [0, 0.1) is 0 Å². The van der Waals surface area contributed by atoms with Gasteiger partial charge in [0.15, 0.2) is 0 Å². The van der Waals surface area contributed by atoms with Crippen LogP contribution in [-0.2, 0) is 13.1 Å². The van der Waals surface area contributed by atoms with Gasteiger partial charge in [-0.2, -0.15) is 0 Å². The summed E-state index contributed by atoms with van der Waals surface area (Å²) in [5.41, 5.74) is 6.63. The van der Waals surface area contributed by atoms with Crippen molar-refractivity contribution in [3.8, 4) is 0 Å². The lowest BCUT2D eigenvalue weighted by molar-refractivity contribution is 0.197. The summed E-state index contributed by atoms with van der Waals surface area (Å²) in [4.78, 5) is 19.9. The third kappa shape index (κ3) is 1.49. The first-order chi connectivity index (χ1) is 6.70. The number of fused-ring (bicyclic) bond motifs is 1. The van der Waals surface area contributed by atoms with E-state index in [-0.39, 0.29) is 18.1 Å². The molecule has 0 atom stereocenters. The molecule has 0 aromatic carbocycles. The molecule has 6 heteroatoms. The number of aromatic nitrogens is 2. The molecule has 0 fully saturated rings. The second-order valence-corrected chi connectivity index (χ2v) is 3.31. The van der Waals surface area contributed by atoms with Crippen molar-refractivity contribution < 1.29 is 5.11 Å². The summed E-state index contributed by atoms with van der Waals surface area (Å²) in [7, 11) is 0. The van der Waals surface area contributed by atoms with E-state index >= 15 is 0 Å². The molecule has 2 heterocycles. The molecule has 0 saturated heterocycles. The third-order valence-electron chi connectivity index (χ3n) is 2.29. The fourth-order valence-electron chi connectivity index (χ4n) is 1.65. The third-order valence-corrected chi connectivity index (χ3v) is 2.29. The van der Waals surface area contributed by atoms with Crippen LogP contribution < -0.4 is 11.3 Å². The van der Waals surface area contributed by atoms with Gasteiger partial charge in [-0.05, 0) is 0 Å².